The van der Waals surface area contributed by atoms with Gasteiger partial charge in [-0.05, 0) is 0 Å². The van der Waals surface area contributed by atoms with Crippen LogP contribution in [0.4, 0.5) is 0 Å². The Bertz CT molecular complexity index is 154. The number of halogens is 2. The van der Waals surface area contributed by atoms with Crippen LogP contribution >= 0.6 is 24.8 Å². The Balaban J connectivity index is -0.0000000556. The molecular formula is C10H12Cl2Zr2. The smallest absolute Gasteiger partial charge is 0.273 e. The minimum Gasteiger partial charge on any atom is -0.273 e. The minimum atomic E-state index is 0. The maximum absolute atomic E-state index is 2.99. The van der Waals surface area contributed by atoms with Crippen LogP contribution in [0.15, 0.2) is 36.5 Å². The van der Waals surface area contributed by atoms with Gasteiger partial charge >= 0.3 is 26.2 Å². The summed E-state index contributed by atoms with van der Waals surface area (Å²) in [5.41, 5.74) is 0. The summed E-state index contributed by atoms with van der Waals surface area (Å²) in [5, 5.41) is 0. The van der Waals surface area contributed by atoms with Crippen LogP contribution in [0.25, 0.3) is 0 Å². The fraction of sp³-hybridized carbons (Fsp3) is 0.200. The van der Waals surface area contributed by atoms with Crippen molar-refractivity contribution in [3.8, 4) is 0 Å². The van der Waals surface area contributed by atoms with Gasteiger partial charge in [0.2, 0.25) is 0 Å². The van der Waals surface area contributed by atoms with E-state index in [2.05, 4.69) is 24.3 Å². The van der Waals surface area contributed by atoms with Gasteiger partial charge in [-0.2, -0.15) is 12.2 Å². The van der Waals surface area contributed by atoms with Crippen LogP contribution in [0.3, 0.4) is 0 Å². The number of allylic oxidation sites excluding steroid dienone is 8. The molecule has 0 radical (unpaired) electrons. The van der Waals surface area contributed by atoms with E-state index in [1.54, 1.807) is 0 Å². The molecule has 74 valence electrons. The molecule has 14 heavy (non-hydrogen) atoms. The van der Waals surface area contributed by atoms with Crippen molar-refractivity contribution in [1.82, 2.24) is 0 Å². The van der Waals surface area contributed by atoms with E-state index in [9.17, 15) is 0 Å². The first-order chi connectivity index (χ1) is 5.00. The molecule has 0 bridgehead atoms. The van der Waals surface area contributed by atoms with E-state index in [0.717, 1.165) is 12.8 Å². The Morgan fingerprint density at radius 2 is 1.14 bits per heavy atom. The summed E-state index contributed by atoms with van der Waals surface area (Å²) in [6.07, 6.45) is 20.0. The molecule has 0 nitrogen and oxygen atoms in total. The summed E-state index contributed by atoms with van der Waals surface area (Å²) >= 11 is 0. The topological polar surface area (TPSA) is 0 Å². The Hall–Kier alpha value is 1.31. The fourth-order valence-electron chi connectivity index (χ4n) is 0.680. The quantitative estimate of drug-likeness (QED) is 0.561. The van der Waals surface area contributed by atoms with Crippen LogP contribution in [0.2, 0.25) is 0 Å². The zero-order valence-corrected chi connectivity index (χ0v) is 14.2. The SMILES string of the molecule is Cl.Cl.[C-]1=CC=CC1.[C-]1=CC=CC1.[Zr+2].[Zr]. The molecule has 0 saturated carbocycles. The van der Waals surface area contributed by atoms with Gasteiger partial charge in [0, 0.05) is 26.2 Å². The molecule has 0 aliphatic heterocycles. The summed E-state index contributed by atoms with van der Waals surface area (Å²) in [4.78, 5) is 0. The zero-order chi connectivity index (χ0) is 7.07. The summed E-state index contributed by atoms with van der Waals surface area (Å²) in [6, 6.07) is 0. The second-order valence-electron chi connectivity index (χ2n) is 2.01. The first-order valence-corrected chi connectivity index (χ1v) is 3.43. The third-order valence-electron chi connectivity index (χ3n) is 1.17. The van der Waals surface area contributed by atoms with E-state index in [0.29, 0.717) is 0 Å². The minimum absolute atomic E-state index is 0. The van der Waals surface area contributed by atoms with E-state index in [1.165, 1.54) is 0 Å². The van der Waals surface area contributed by atoms with Crippen LogP contribution in [0.5, 0.6) is 0 Å². The molecule has 0 aromatic rings. The monoisotopic (exact) mass is 382 g/mol. The largest absolute Gasteiger partial charge is 2.00 e. The molecule has 0 amide bonds. The third-order valence-corrected chi connectivity index (χ3v) is 1.17. The Kier molecular flexibility index (Phi) is 34.7. The second-order valence-corrected chi connectivity index (χ2v) is 2.01. The van der Waals surface area contributed by atoms with Gasteiger partial charge in [-0.15, -0.1) is 37.7 Å². The fourth-order valence-corrected chi connectivity index (χ4v) is 0.680. The second kappa shape index (κ2) is 19.8. The molecule has 0 fully saturated rings. The van der Waals surface area contributed by atoms with Gasteiger partial charge in [0.1, 0.15) is 0 Å². The van der Waals surface area contributed by atoms with Crippen molar-refractivity contribution in [1.29, 1.82) is 0 Å². The summed E-state index contributed by atoms with van der Waals surface area (Å²) in [5.74, 6) is 0. The molecule has 2 rings (SSSR count). The molecule has 4 heteroatoms. The van der Waals surface area contributed by atoms with E-state index in [-0.39, 0.29) is 77.2 Å². The predicted molar refractivity (Wildman–Crippen MR) is 57.6 cm³/mol. The zero-order valence-electron chi connectivity index (χ0n) is 7.69. The molecule has 2 aliphatic carbocycles. The number of hydrogen-bond acceptors (Lipinski definition) is 0. The van der Waals surface area contributed by atoms with Gasteiger partial charge in [0.25, 0.3) is 0 Å². The first kappa shape index (κ1) is 24.5. The Morgan fingerprint density at radius 3 is 1.21 bits per heavy atom. The summed E-state index contributed by atoms with van der Waals surface area (Å²) in [7, 11) is 0. The van der Waals surface area contributed by atoms with Gasteiger partial charge in [-0.1, -0.05) is 0 Å². The van der Waals surface area contributed by atoms with Crippen molar-refractivity contribution < 1.29 is 52.4 Å². The molecule has 0 aromatic carbocycles. The first-order valence-electron chi connectivity index (χ1n) is 3.43. The average molecular weight is 386 g/mol. The van der Waals surface area contributed by atoms with Crippen LogP contribution in [-0.2, 0) is 52.4 Å². The van der Waals surface area contributed by atoms with Crippen molar-refractivity contribution in [3.63, 3.8) is 0 Å². The molecule has 0 heterocycles. The van der Waals surface area contributed by atoms with Crippen molar-refractivity contribution >= 4 is 24.8 Å². The van der Waals surface area contributed by atoms with E-state index in [4.69, 9.17) is 0 Å². The van der Waals surface area contributed by atoms with Gasteiger partial charge in [0.15, 0.2) is 0 Å². The summed E-state index contributed by atoms with van der Waals surface area (Å²) < 4.78 is 0. The van der Waals surface area contributed by atoms with Gasteiger partial charge in [-0.3, -0.25) is 12.2 Å². The van der Waals surface area contributed by atoms with Crippen LogP contribution in [0, 0.1) is 12.2 Å². The molecule has 0 unspecified atom stereocenters. The van der Waals surface area contributed by atoms with E-state index in [1.807, 2.05) is 24.3 Å². The molecule has 0 spiro atoms. The van der Waals surface area contributed by atoms with Crippen molar-refractivity contribution in [3.05, 3.63) is 48.6 Å². The van der Waals surface area contributed by atoms with E-state index >= 15 is 0 Å². The van der Waals surface area contributed by atoms with Crippen molar-refractivity contribution in [2.45, 2.75) is 12.8 Å². The molecule has 0 N–H and O–H groups in total. The third kappa shape index (κ3) is 15.8. The molecular weight excluding hydrogens is 373 g/mol. The van der Waals surface area contributed by atoms with Crippen molar-refractivity contribution in [2.24, 2.45) is 0 Å². The van der Waals surface area contributed by atoms with Gasteiger partial charge < -0.3 is 0 Å². The predicted octanol–water partition coefficient (Wildman–Crippen LogP) is 3.45. The normalized spacial score (nSPS) is 12.6. The molecule has 2 aliphatic rings. The van der Waals surface area contributed by atoms with Gasteiger partial charge in [0.05, 0.1) is 0 Å². The Morgan fingerprint density at radius 1 is 0.786 bits per heavy atom. The average Bonchev–Trinajstić information content (AvgIpc) is 2.67. The van der Waals surface area contributed by atoms with E-state index < -0.39 is 0 Å². The van der Waals surface area contributed by atoms with Crippen LogP contribution < -0.4 is 0 Å². The van der Waals surface area contributed by atoms with Crippen LogP contribution in [0.1, 0.15) is 12.8 Å². The van der Waals surface area contributed by atoms with Crippen LogP contribution in [-0.4, -0.2) is 0 Å². The summed E-state index contributed by atoms with van der Waals surface area (Å²) in [6.45, 7) is 0. The number of rotatable bonds is 0. The molecule has 0 saturated heterocycles. The Labute approximate surface area is 137 Å². The maximum atomic E-state index is 2.99. The number of hydrogen-bond donors (Lipinski definition) is 0. The standard InChI is InChI=1S/2C5H5.2ClH.2Zr/c2*1-2-4-5-3-1;;;;/h2*1-3H,4H2;2*1H;;/q2*-1;;;;+2. The van der Waals surface area contributed by atoms with Crippen molar-refractivity contribution in [2.75, 3.05) is 0 Å². The maximum Gasteiger partial charge on any atom is 2.00 e. The molecule has 0 aromatic heterocycles. The van der Waals surface area contributed by atoms with Gasteiger partial charge in [-0.25, -0.2) is 24.3 Å². The molecule has 0 atom stereocenters.